The van der Waals surface area contributed by atoms with E-state index in [2.05, 4.69) is 18.3 Å². The molecular weight excluding hydrogens is 486 g/mol. The molecule has 0 amide bonds. The van der Waals surface area contributed by atoms with Gasteiger partial charge >= 0.3 is 5.97 Å². The number of hydrogen-bond donors (Lipinski definition) is 1. The summed E-state index contributed by atoms with van der Waals surface area (Å²) in [5, 5.41) is 3.42. The summed E-state index contributed by atoms with van der Waals surface area (Å²) in [6.07, 6.45) is 1.01. The Balaban J connectivity index is 1.71. The number of carbonyl (C=O) groups is 2. The van der Waals surface area contributed by atoms with Crippen molar-refractivity contribution in [2.45, 2.75) is 45.4 Å². The van der Waals surface area contributed by atoms with Crippen LogP contribution >= 0.6 is 11.8 Å². The predicted octanol–water partition coefficient (Wildman–Crippen LogP) is 5.67. The van der Waals surface area contributed by atoms with E-state index in [1.165, 1.54) is 0 Å². The molecule has 4 rings (SSSR count). The van der Waals surface area contributed by atoms with E-state index in [0.29, 0.717) is 42.1 Å². The molecule has 0 bridgehead atoms. The van der Waals surface area contributed by atoms with Crippen molar-refractivity contribution in [1.82, 2.24) is 5.32 Å². The summed E-state index contributed by atoms with van der Waals surface area (Å²) < 4.78 is 16.5. The summed E-state index contributed by atoms with van der Waals surface area (Å²) in [6, 6.07) is 13.9. The molecule has 1 heterocycles. The first-order valence-corrected chi connectivity index (χ1v) is 13.8. The highest BCUT2D eigenvalue weighted by Gasteiger charge is 2.41. The van der Waals surface area contributed by atoms with Crippen molar-refractivity contribution in [3.8, 4) is 11.5 Å². The predicted molar refractivity (Wildman–Crippen MR) is 147 cm³/mol. The Morgan fingerprint density at radius 3 is 2.51 bits per heavy atom. The van der Waals surface area contributed by atoms with Crippen LogP contribution in [0, 0.1) is 6.92 Å². The second-order valence-corrected chi connectivity index (χ2v) is 10.8. The molecular formula is C30H35NO5S. The summed E-state index contributed by atoms with van der Waals surface area (Å²) in [5.74, 6) is 2.22. The number of hydrogen-bond acceptors (Lipinski definition) is 7. The largest absolute Gasteiger partial charge is 0.493 e. The van der Waals surface area contributed by atoms with Crippen molar-refractivity contribution in [3.05, 3.63) is 81.7 Å². The summed E-state index contributed by atoms with van der Waals surface area (Å²) in [6.45, 7) is 6.34. The van der Waals surface area contributed by atoms with Gasteiger partial charge in [0, 0.05) is 35.1 Å². The lowest BCUT2D eigenvalue weighted by molar-refractivity contribution is -0.138. The van der Waals surface area contributed by atoms with Crippen LogP contribution in [0.25, 0.3) is 0 Å². The minimum absolute atomic E-state index is 0.0101. The van der Waals surface area contributed by atoms with E-state index in [1.54, 1.807) is 26.0 Å². The van der Waals surface area contributed by atoms with E-state index in [1.807, 2.05) is 50.2 Å². The third kappa shape index (κ3) is 5.72. The third-order valence-corrected chi connectivity index (χ3v) is 7.83. The normalized spacial score (nSPS) is 19.3. The number of thioether (sulfide) groups is 1. The summed E-state index contributed by atoms with van der Waals surface area (Å²) in [5.41, 5.74) is 5.83. The van der Waals surface area contributed by atoms with E-state index < -0.39 is 5.92 Å². The molecule has 0 radical (unpaired) electrons. The Kier molecular flexibility index (Phi) is 8.64. The third-order valence-electron chi connectivity index (χ3n) is 6.97. The van der Waals surface area contributed by atoms with Crippen molar-refractivity contribution in [2.24, 2.45) is 0 Å². The van der Waals surface area contributed by atoms with E-state index in [9.17, 15) is 9.59 Å². The first-order chi connectivity index (χ1) is 17.9. The van der Waals surface area contributed by atoms with Crippen LogP contribution in [0.15, 0.2) is 65.0 Å². The van der Waals surface area contributed by atoms with Gasteiger partial charge in [0.1, 0.15) is 6.61 Å². The molecule has 2 aliphatic rings. The Bertz CT molecular complexity index is 1250. The lowest BCUT2D eigenvalue weighted by Crippen LogP contribution is -2.36. The van der Waals surface area contributed by atoms with Crippen molar-refractivity contribution >= 4 is 23.5 Å². The Labute approximate surface area is 223 Å². The minimum Gasteiger partial charge on any atom is -0.493 e. The Hall–Kier alpha value is -3.19. The number of ketones is 1. The molecule has 6 nitrogen and oxygen atoms in total. The second kappa shape index (κ2) is 11.9. The number of allylic oxidation sites excluding steroid dienone is 3. The maximum Gasteiger partial charge on any atom is 0.336 e. The standard InChI is InChI=1S/C30H35NO5S/c1-6-37-13-12-36-30(33)27-19(3)31-23-15-22(20-10-11-25(34-4)26(17-20)35-5)16-24(32)29(23)28(27)21-9-7-8-18(2)14-21/h7-11,14,17,22,28,31H,6,12-13,15-16H2,1-5H3/t22-,28-/m0/s1. The zero-order valence-electron chi connectivity index (χ0n) is 22.2. The number of Topliss-reactive ketones (excluding diaryl/α,β-unsaturated/α-hetero) is 1. The quantitative estimate of drug-likeness (QED) is 0.337. The number of carbonyl (C=O) groups excluding carboxylic acids is 2. The molecule has 0 unspecified atom stereocenters. The smallest absolute Gasteiger partial charge is 0.336 e. The van der Waals surface area contributed by atoms with E-state index in [0.717, 1.165) is 39.6 Å². The summed E-state index contributed by atoms with van der Waals surface area (Å²) in [7, 11) is 3.22. The monoisotopic (exact) mass is 521 g/mol. The molecule has 0 aromatic heterocycles. The minimum atomic E-state index is -0.457. The van der Waals surface area contributed by atoms with Crippen LogP contribution in [0.4, 0.5) is 0 Å². The van der Waals surface area contributed by atoms with Crippen LogP contribution in [0.5, 0.6) is 11.5 Å². The molecule has 2 atom stereocenters. The topological polar surface area (TPSA) is 73.9 Å². The van der Waals surface area contributed by atoms with Crippen molar-refractivity contribution in [2.75, 3.05) is 32.3 Å². The Morgan fingerprint density at radius 1 is 1.03 bits per heavy atom. The number of ether oxygens (including phenoxy) is 3. The van der Waals surface area contributed by atoms with Gasteiger partial charge < -0.3 is 19.5 Å². The van der Waals surface area contributed by atoms with Crippen molar-refractivity contribution < 1.29 is 23.8 Å². The fraction of sp³-hybridized carbons (Fsp3) is 0.400. The maximum absolute atomic E-state index is 13.8. The van der Waals surface area contributed by atoms with Crippen LogP contribution in [0.2, 0.25) is 0 Å². The fourth-order valence-corrected chi connectivity index (χ4v) is 5.74. The highest BCUT2D eigenvalue weighted by Crippen LogP contribution is 2.46. The molecule has 196 valence electrons. The SMILES string of the molecule is CCSCCOC(=O)C1=C(C)NC2=C(C(=O)C[C@@H](c3ccc(OC)c(OC)c3)C2)[C@H]1c1cccc(C)c1. The zero-order valence-corrected chi connectivity index (χ0v) is 23.0. The highest BCUT2D eigenvalue weighted by atomic mass is 32.2. The number of dihydropyridines is 1. The lowest BCUT2D eigenvalue weighted by Gasteiger charge is -2.37. The van der Waals surface area contributed by atoms with Crippen LogP contribution in [0.3, 0.4) is 0 Å². The van der Waals surface area contributed by atoms with Gasteiger partial charge in [-0.3, -0.25) is 4.79 Å². The number of rotatable bonds is 9. The average Bonchev–Trinajstić information content (AvgIpc) is 2.89. The first kappa shape index (κ1) is 26.9. The van der Waals surface area contributed by atoms with Crippen molar-refractivity contribution in [1.29, 1.82) is 0 Å². The number of esters is 1. The molecule has 0 saturated carbocycles. The summed E-state index contributed by atoms with van der Waals surface area (Å²) >= 11 is 1.73. The van der Waals surface area contributed by atoms with Gasteiger partial charge in [0.05, 0.1) is 19.8 Å². The van der Waals surface area contributed by atoms with Gasteiger partial charge in [0.15, 0.2) is 17.3 Å². The molecule has 0 fully saturated rings. The molecule has 1 aliphatic carbocycles. The molecule has 37 heavy (non-hydrogen) atoms. The molecule has 1 N–H and O–H groups in total. The van der Waals surface area contributed by atoms with E-state index >= 15 is 0 Å². The maximum atomic E-state index is 13.8. The van der Waals surface area contributed by atoms with E-state index in [4.69, 9.17) is 14.2 Å². The zero-order chi connectivity index (χ0) is 26.5. The molecule has 2 aromatic rings. The highest BCUT2D eigenvalue weighted by molar-refractivity contribution is 7.99. The average molecular weight is 522 g/mol. The van der Waals surface area contributed by atoms with E-state index in [-0.39, 0.29) is 17.7 Å². The second-order valence-electron chi connectivity index (χ2n) is 9.38. The van der Waals surface area contributed by atoms with Gasteiger partial charge in [-0.25, -0.2) is 4.79 Å². The number of benzene rings is 2. The van der Waals surface area contributed by atoms with Gasteiger partial charge in [0.2, 0.25) is 0 Å². The summed E-state index contributed by atoms with van der Waals surface area (Å²) in [4.78, 5) is 27.1. The molecule has 1 aliphatic heterocycles. The fourth-order valence-electron chi connectivity index (χ4n) is 5.25. The lowest BCUT2D eigenvalue weighted by atomic mass is 9.71. The van der Waals surface area contributed by atoms with Gasteiger partial charge in [-0.15, -0.1) is 0 Å². The van der Waals surface area contributed by atoms with Gasteiger partial charge in [-0.05, 0) is 55.2 Å². The first-order valence-electron chi connectivity index (χ1n) is 12.6. The van der Waals surface area contributed by atoms with Gasteiger partial charge in [-0.1, -0.05) is 42.8 Å². The molecule has 7 heteroatoms. The number of methoxy groups -OCH3 is 2. The van der Waals surface area contributed by atoms with Crippen molar-refractivity contribution in [3.63, 3.8) is 0 Å². The number of aryl methyl sites for hydroxylation is 1. The Morgan fingerprint density at radius 2 is 1.81 bits per heavy atom. The van der Waals surface area contributed by atoms with Gasteiger partial charge in [-0.2, -0.15) is 11.8 Å². The molecule has 0 spiro atoms. The molecule has 2 aromatic carbocycles. The molecule has 0 saturated heterocycles. The van der Waals surface area contributed by atoms with Crippen LogP contribution in [-0.4, -0.2) is 44.1 Å². The van der Waals surface area contributed by atoms with Crippen LogP contribution in [-0.2, 0) is 14.3 Å². The van der Waals surface area contributed by atoms with Crippen LogP contribution < -0.4 is 14.8 Å². The van der Waals surface area contributed by atoms with Crippen LogP contribution in [0.1, 0.15) is 55.2 Å². The number of nitrogens with one attached hydrogen (secondary N) is 1. The van der Waals surface area contributed by atoms with Gasteiger partial charge in [0.25, 0.3) is 0 Å².